The lowest BCUT2D eigenvalue weighted by atomic mass is 10.3. The van der Waals surface area contributed by atoms with E-state index in [1.807, 2.05) is 38.2 Å². The van der Waals surface area contributed by atoms with Crippen LogP contribution in [0.1, 0.15) is 6.92 Å². The molecule has 0 aliphatic carbocycles. The Labute approximate surface area is 100 Å². The standard InChI is InChI=1S/C12H16N4O/c1-3-17-10-6-4-5-9(7-10)14-12-11(13)8-16(2)15-12/h4-8H,3,13H2,1-2H3,(H,14,15). The molecule has 90 valence electrons. The van der Waals surface area contributed by atoms with Crippen molar-refractivity contribution in [1.29, 1.82) is 0 Å². The lowest BCUT2D eigenvalue weighted by molar-refractivity contribution is 0.340. The highest BCUT2D eigenvalue weighted by molar-refractivity contribution is 5.68. The van der Waals surface area contributed by atoms with Crippen LogP contribution in [0, 0.1) is 0 Å². The Kier molecular flexibility index (Phi) is 3.18. The zero-order valence-electron chi connectivity index (χ0n) is 9.97. The number of anilines is 3. The summed E-state index contributed by atoms with van der Waals surface area (Å²) in [6, 6.07) is 7.69. The molecule has 0 amide bonds. The van der Waals surface area contributed by atoms with Crippen LogP contribution in [0.3, 0.4) is 0 Å². The summed E-state index contributed by atoms with van der Waals surface area (Å²) in [5.41, 5.74) is 7.33. The van der Waals surface area contributed by atoms with Gasteiger partial charge in [-0.05, 0) is 19.1 Å². The van der Waals surface area contributed by atoms with Gasteiger partial charge in [0.05, 0.1) is 12.3 Å². The van der Waals surface area contributed by atoms with Gasteiger partial charge in [0.25, 0.3) is 0 Å². The molecule has 0 saturated carbocycles. The van der Waals surface area contributed by atoms with Crippen molar-refractivity contribution < 1.29 is 4.74 Å². The predicted octanol–water partition coefficient (Wildman–Crippen LogP) is 2.14. The predicted molar refractivity (Wildman–Crippen MR) is 68.5 cm³/mol. The number of aryl methyl sites for hydroxylation is 1. The summed E-state index contributed by atoms with van der Waals surface area (Å²) in [6.07, 6.45) is 1.76. The largest absolute Gasteiger partial charge is 0.494 e. The molecule has 5 nitrogen and oxygen atoms in total. The van der Waals surface area contributed by atoms with Crippen molar-refractivity contribution in [2.24, 2.45) is 7.05 Å². The first-order valence-electron chi connectivity index (χ1n) is 5.48. The molecule has 0 bridgehead atoms. The Hall–Kier alpha value is -2.17. The number of hydrogen-bond donors (Lipinski definition) is 2. The number of nitrogen functional groups attached to an aromatic ring is 1. The normalized spacial score (nSPS) is 10.2. The highest BCUT2D eigenvalue weighted by Gasteiger charge is 2.04. The van der Waals surface area contributed by atoms with Gasteiger partial charge in [0.2, 0.25) is 0 Å². The third kappa shape index (κ3) is 2.69. The van der Waals surface area contributed by atoms with Gasteiger partial charge < -0.3 is 15.8 Å². The fourth-order valence-corrected chi connectivity index (χ4v) is 1.57. The molecule has 0 atom stereocenters. The number of aromatic nitrogens is 2. The zero-order valence-corrected chi connectivity index (χ0v) is 9.97. The summed E-state index contributed by atoms with van der Waals surface area (Å²) >= 11 is 0. The molecule has 17 heavy (non-hydrogen) atoms. The molecule has 1 aromatic carbocycles. The van der Waals surface area contributed by atoms with E-state index in [4.69, 9.17) is 10.5 Å². The maximum atomic E-state index is 5.81. The van der Waals surface area contributed by atoms with Gasteiger partial charge >= 0.3 is 0 Å². The van der Waals surface area contributed by atoms with Crippen molar-refractivity contribution in [3.05, 3.63) is 30.5 Å². The quantitative estimate of drug-likeness (QED) is 0.847. The lowest BCUT2D eigenvalue weighted by Gasteiger charge is -2.07. The van der Waals surface area contributed by atoms with E-state index in [1.165, 1.54) is 0 Å². The van der Waals surface area contributed by atoms with Gasteiger partial charge in [-0.3, -0.25) is 4.68 Å². The van der Waals surface area contributed by atoms with E-state index in [-0.39, 0.29) is 0 Å². The second kappa shape index (κ2) is 4.78. The van der Waals surface area contributed by atoms with Crippen molar-refractivity contribution in [2.45, 2.75) is 6.92 Å². The minimum atomic E-state index is 0.620. The summed E-state index contributed by atoms with van der Waals surface area (Å²) < 4.78 is 7.09. The van der Waals surface area contributed by atoms with E-state index < -0.39 is 0 Å². The number of hydrogen-bond acceptors (Lipinski definition) is 4. The van der Waals surface area contributed by atoms with E-state index >= 15 is 0 Å². The first-order chi connectivity index (χ1) is 8.19. The smallest absolute Gasteiger partial charge is 0.175 e. The number of nitrogens with zero attached hydrogens (tertiary/aromatic N) is 2. The first-order valence-corrected chi connectivity index (χ1v) is 5.48. The van der Waals surface area contributed by atoms with Crippen molar-refractivity contribution in [3.8, 4) is 5.75 Å². The maximum Gasteiger partial charge on any atom is 0.175 e. The molecule has 0 fully saturated rings. The third-order valence-electron chi connectivity index (χ3n) is 2.26. The molecular weight excluding hydrogens is 216 g/mol. The second-order valence-corrected chi connectivity index (χ2v) is 3.69. The van der Waals surface area contributed by atoms with Crippen molar-refractivity contribution in [1.82, 2.24) is 9.78 Å². The number of nitrogens with two attached hydrogens (primary N) is 1. The van der Waals surface area contributed by atoms with Gasteiger partial charge in [-0.1, -0.05) is 6.07 Å². The number of benzene rings is 1. The summed E-state index contributed by atoms with van der Waals surface area (Å²) in [7, 11) is 1.83. The van der Waals surface area contributed by atoms with Crippen LogP contribution in [0.5, 0.6) is 5.75 Å². The lowest BCUT2D eigenvalue weighted by Crippen LogP contribution is -1.97. The Balaban J connectivity index is 2.18. The number of ether oxygens (including phenoxy) is 1. The maximum absolute atomic E-state index is 5.81. The molecule has 0 spiro atoms. The monoisotopic (exact) mass is 232 g/mol. The molecule has 0 unspecified atom stereocenters. The average molecular weight is 232 g/mol. The highest BCUT2D eigenvalue weighted by atomic mass is 16.5. The van der Waals surface area contributed by atoms with Crippen molar-refractivity contribution in [2.75, 3.05) is 17.7 Å². The second-order valence-electron chi connectivity index (χ2n) is 3.69. The van der Waals surface area contributed by atoms with Crippen LogP contribution in [0.4, 0.5) is 17.2 Å². The van der Waals surface area contributed by atoms with Crippen molar-refractivity contribution in [3.63, 3.8) is 0 Å². The van der Waals surface area contributed by atoms with Crippen molar-refractivity contribution >= 4 is 17.2 Å². The number of nitrogens with one attached hydrogen (secondary N) is 1. The van der Waals surface area contributed by atoms with Crippen LogP contribution in [0.2, 0.25) is 0 Å². The van der Waals surface area contributed by atoms with E-state index in [0.717, 1.165) is 11.4 Å². The number of rotatable bonds is 4. The molecule has 5 heteroatoms. The molecule has 2 rings (SSSR count). The van der Waals surface area contributed by atoms with Crippen LogP contribution in [0.15, 0.2) is 30.5 Å². The minimum absolute atomic E-state index is 0.620. The van der Waals surface area contributed by atoms with Crippen LogP contribution in [0.25, 0.3) is 0 Å². The van der Waals surface area contributed by atoms with Gasteiger partial charge in [0.15, 0.2) is 5.82 Å². The summed E-state index contributed by atoms with van der Waals surface area (Å²) in [5, 5.41) is 7.38. The van der Waals surface area contributed by atoms with E-state index in [1.54, 1.807) is 10.9 Å². The zero-order chi connectivity index (χ0) is 12.3. The molecule has 0 saturated heterocycles. The van der Waals surface area contributed by atoms with E-state index in [2.05, 4.69) is 10.4 Å². The molecular formula is C12H16N4O. The minimum Gasteiger partial charge on any atom is -0.494 e. The van der Waals surface area contributed by atoms with E-state index in [9.17, 15) is 0 Å². The van der Waals surface area contributed by atoms with Crippen LogP contribution in [-0.4, -0.2) is 16.4 Å². The molecule has 0 aliphatic heterocycles. The summed E-state index contributed by atoms with van der Waals surface area (Å²) in [4.78, 5) is 0. The topological polar surface area (TPSA) is 65.1 Å². The summed E-state index contributed by atoms with van der Waals surface area (Å²) in [5.74, 6) is 1.48. The van der Waals surface area contributed by atoms with Crippen LogP contribution < -0.4 is 15.8 Å². The summed E-state index contributed by atoms with van der Waals surface area (Å²) in [6.45, 7) is 2.60. The Morgan fingerprint density at radius 3 is 2.94 bits per heavy atom. The Morgan fingerprint density at radius 1 is 1.47 bits per heavy atom. The molecule has 1 heterocycles. The SMILES string of the molecule is CCOc1cccc(Nc2nn(C)cc2N)c1. The van der Waals surface area contributed by atoms with Gasteiger partial charge in [-0.25, -0.2) is 0 Å². The van der Waals surface area contributed by atoms with Gasteiger partial charge in [0.1, 0.15) is 5.75 Å². The fourth-order valence-electron chi connectivity index (χ4n) is 1.57. The first kappa shape index (κ1) is 11.3. The van der Waals surface area contributed by atoms with E-state index in [0.29, 0.717) is 18.1 Å². The van der Waals surface area contributed by atoms with Gasteiger partial charge in [-0.15, -0.1) is 0 Å². The van der Waals surface area contributed by atoms with Crippen LogP contribution in [-0.2, 0) is 7.05 Å². The van der Waals surface area contributed by atoms with Gasteiger partial charge in [0, 0.05) is 25.0 Å². The third-order valence-corrected chi connectivity index (χ3v) is 2.26. The fraction of sp³-hybridized carbons (Fsp3) is 0.250. The molecule has 3 N–H and O–H groups in total. The molecule has 2 aromatic rings. The van der Waals surface area contributed by atoms with Gasteiger partial charge in [-0.2, -0.15) is 5.10 Å². The average Bonchev–Trinajstić information content (AvgIpc) is 2.58. The Morgan fingerprint density at radius 2 is 2.29 bits per heavy atom. The molecule has 0 radical (unpaired) electrons. The van der Waals surface area contributed by atoms with Crippen LogP contribution >= 0.6 is 0 Å². The molecule has 0 aliphatic rings. The highest BCUT2D eigenvalue weighted by Crippen LogP contribution is 2.23. The Bertz CT molecular complexity index is 507. The molecule has 1 aromatic heterocycles.